The van der Waals surface area contributed by atoms with Gasteiger partial charge in [0.15, 0.2) is 0 Å². The van der Waals surface area contributed by atoms with Crippen LogP contribution < -0.4 is 0 Å². The Morgan fingerprint density at radius 3 is 2.62 bits per heavy atom. The summed E-state index contributed by atoms with van der Waals surface area (Å²) in [6, 6.07) is 0.0442. The van der Waals surface area contributed by atoms with E-state index < -0.39 is 6.09 Å². The second-order valence-corrected chi connectivity index (χ2v) is 6.09. The molecule has 2 aliphatic rings. The van der Waals surface area contributed by atoms with E-state index in [1.54, 1.807) is 0 Å². The highest BCUT2D eigenvalue weighted by Crippen LogP contribution is 2.56. The average Bonchev–Trinajstić information content (AvgIpc) is 2.06. The lowest BCUT2D eigenvalue weighted by atomic mass is 9.51. The van der Waals surface area contributed by atoms with Crippen LogP contribution in [0.1, 0.15) is 40.0 Å². The summed E-state index contributed by atoms with van der Waals surface area (Å²) >= 11 is 0. The molecule has 0 spiro atoms. The lowest BCUT2D eigenvalue weighted by molar-refractivity contribution is -0.162. The summed E-state index contributed by atoms with van der Waals surface area (Å²) in [6.07, 6.45) is 0.929. The highest BCUT2D eigenvalue weighted by atomic mass is 16.4. The molecule has 90 valence electrons. The highest BCUT2D eigenvalue weighted by molar-refractivity contribution is 5.82. The molecule has 0 bridgehead atoms. The van der Waals surface area contributed by atoms with E-state index in [1.807, 2.05) is 0 Å². The maximum Gasteiger partial charge on any atom is 0.407 e. The number of nitrogens with zero attached hydrogens (tertiary/aromatic N) is 1. The van der Waals surface area contributed by atoms with Crippen molar-refractivity contribution in [2.24, 2.45) is 10.8 Å². The van der Waals surface area contributed by atoms with Crippen LogP contribution in [0.25, 0.3) is 0 Å². The summed E-state index contributed by atoms with van der Waals surface area (Å²) < 4.78 is 0. The number of ketones is 1. The van der Waals surface area contributed by atoms with Crippen molar-refractivity contribution in [3.05, 3.63) is 0 Å². The zero-order valence-electron chi connectivity index (χ0n) is 10.1. The van der Waals surface area contributed by atoms with Gasteiger partial charge in [0.05, 0.1) is 0 Å². The third kappa shape index (κ3) is 1.35. The van der Waals surface area contributed by atoms with Gasteiger partial charge in [-0.1, -0.05) is 20.8 Å². The van der Waals surface area contributed by atoms with E-state index in [-0.39, 0.29) is 22.7 Å². The summed E-state index contributed by atoms with van der Waals surface area (Å²) in [6.45, 7) is 6.84. The monoisotopic (exact) mass is 225 g/mol. The zero-order valence-corrected chi connectivity index (χ0v) is 10.1. The number of Topliss-reactive ketones (excluding diaryl/α,β-unsaturated/α-hetero) is 1. The Balaban J connectivity index is 2.28. The van der Waals surface area contributed by atoms with Crippen LogP contribution in [0.3, 0.4) is 0 Å². The van der Waals surface area contributed by atoms with E-state index in [0.29, 0.717) is 25.8 Å². The predicted molar refractivity (Wildman–Crippen MR) is 59.3 cm³/mol. The first-order valence-electron chi connectivity index (χ1n) is 5.79. The van der Waals surface area contributed by atoms with Crippen LogP contribution in [-0.4, -0.2) is 34.5 Å². The molecule has 0 aromatic carbocycles. The Morgan fingerprint density at radius 1 is 1.50 bits per heavy atom. The molecular formula is C12H19NO3. The van der Waals surface area contributed by atoms with Gasteiger partial charge >= 0.3 is 6.09 Å². The molecule has 1 heterocycles. The summed E-state index contributed by atoms with van der Waals surface area (Å²) in [7, 11) is 0. The molecule has 1 saturated heterocycles. The number of amides is 1. The molecule has 0 radical (unpaired) electrons. The predicted octanol–water partition coefficient (Wildman–Crippen LogP) is 2.13. The summed E-state index contributed by atoms with van der Waals surface area (Å²) in [5, 5.41) is 9.06. The Bertz CT molecular complexity index is 345. The lowest BCUT2D eigenvalue weighted by Gasteiger charge is -2.64. The molecular weight excluding hydrogens is 206 g/mol. The molecule has 1 aliphatic carbocycles. The minimum absolute atomic E-state index is 0.0142. The number of hydrogen-bond donors (Lipinski definition) is 1. The Hall–Kier alpha value is -1.06. The van der Waals surface area contributed by atoms with Crippen LogP contribution in [0.4, 0.5) is 4.79 Å². The first-order valence-corrected chi connectivity index (χ1v) is 5.79. The maximum absolute atomic E-state index is 11.6. The molecule has 0 unspecified atom stereocenters. The van der Waals surface area contributed by atoms with Crippen molar-refractivity contribution in [3.63, 3.8) is 0 Å². The van der Waals surface area contributed by atoms with Crippen LogP contribution in [-0.2, 0) is 4.79 Å². The molecule has 2 fully saturated rings. The SMILES string of the molecule is CC(C)(C)[C@@]12CC(=O)CC[C@@H]1N(C(=O)O)C2. The van der Waals surface area contributed by atoms with Gasteiger partial charge in [0.25, 0.3) is 0 Å². The lowest BCUT2D eigenvalue weighted by Crippen LogP contribution is -2.72. The fourth-order valence-corrected chi connectivity index (χ4v) is 3.25. The van der Waals surface area contributed by atoms with E-state index in [9.17, 15) is 9.59 Å². The van der Waals surface area contributed by atoms with Crippen LogP contribution >= 0.6 is 0 Å². The van der Waals surface area contributed by atoms with Crippen molar-refractivity contribution in [2.45, 2.75) is 46.1 Å². The fourth-order valence-electron chi connectivity index (χ4n) is 3.25. The number of carbonyl (C=O) groups is 2. The summed E-state index contributed by atoms with van der Waals surface area (Å²) in [4.78, 5) is 24.1. The molecule has 1 aliphatic heterocycles. The van der Waals surface area contributed by atoms with Crippen LogP contribution in [0.5, 0.6) is 0 Å². The minimum Gasteiger partial charge on any atom is -0.465 e. The smallest absolute Gasteiger partial charge is 0.407 e. The van der Waals surface area contributed by atoms with Crippen LogP contribution in [0, 0.1) is 10.8 Å². The van der Waals surface area contributed by atoms with Crippen molar-refractivity contribution in [3.8, 4) is 0 Å². The number of rotatable bonds is 0. The second-order valence-electron chi connectivity index (χ2n) is 6.09. The number of carbonyl (C=O) groups excluding carboxylic acids is 1. The third-order valence-electron chi connectivity index (χ3n) is 4.42. The highest BCUT2D eigenvalue weighted by Gasteiger charge is 2.62. The van der Waals surface area contributed by atoms with Gasteiger partial charge in [0.2, 0.25) is 0 Å². The molecule has 1 N–H and O–H groups in total. The van der Waals surface area contributed by atoms with E-state index in [2.05, 4.69) is 20.8 Å². The quantitative estimate of drug-likeness (QED) is 0.687. The van der Waals surface area contributed by atoms with Gasteiger partial charge < -0.3 is 10.0 Å². The topological polar surface area (TPSA) is 57.6 Å². The first kappa shape index (κ1) is 11.4. The molecule has 0 aromatic heterocycles. The van der Waals surface area contributed by atoms with E-state index in [0.717, 1.165) is 0 Å². The minimum atomic E-state index is -0.848. The molecule has 2 rings (SSSR count). The van der Waals surface area contributed by atoms with Gasteiger partial charge in [-0.25, -0.2) is 4.79 Å². The fraction of sp³-hybridized carbons (Fsp3) is 0.833. The molecule has 2 atom stereocenters. The van der Waals surface area contributed by atoms with Crippen molar-refractivity contribution >= 4 is 11.9 Å². The molecule has 1 amide bonds. The molecule has 4 nitrogen and oxygen atoms in total. The van der Waals surface area contributed by atoms with Gasteiger partial charge in [-0.15, -0.1) is 0 Å². The molecule has 1 saturated carbocycles. The van der Waals surface area contributed by atoms with Crippen LogP contribution in [0.15, 0.2) is 0 Å². The van der Waals surface area contributed by atoms with Gasteiger partial charge in [-0.05, 0) is 11.8 Å². The Labute approximate surface area is 95.6 Å². The molecule has 0 aromatic rings. The van der Waals surface area contributed by atoms with Crippen molar-refractivity contribution in [1.82, 2.24) is 4.90 Å². The molecule has 16 heavy (non-hydrogen) atoms. The zero-order chi connectivity index (χ0) is 12.1. The normalized spacial score (nSPS) is 34.3. The van der Waals surface area contributed by atoms with Gasteiger partial charge in [0.1, 0.15) is 5.78 Å². The standard InChI is InChI=1S/C12H19NO3/c1-11(2,3)12-6-8(14)4-5-9(12)13(7-12)10(15)16/h9H,4-7H2,1-3H3,(H,15,16)/t9-,12+/m0/s1. The van der Waals surface area contributed by atoms with Crippen molar-refractivity contribution in [2.75, 3.05) is 6.54 Å². The Kier molecular flexibility index (Phi) is 2.30. The maximum atomic E-state index is 11.6. The van der Waals surface area contributed by atoms with E-state index >= 15 is 0 Å². The second kappa shape index (κ2) is 3.22. The van der Waals surface area contributed by atoms with E-state index in [1.165, 1.54) is 4.90 Å². The summed E-state index contributed by atoms with van der Waals surface area (Å²) in [5.74, 6) is 0.288. The van der Waals surface area contributed by atoms with Gasteiger partial charge in [-0.3, -0.25) is 4.79 Å². The van der Waals surface area contributed by atoms with Crippen LogP contribution in [0.2, 0.25) is 0 Å². The van der Waals surface area contributed by atoms with Crippen molar-refractivity contribution in [1.29, 1.82) is 0 Å². The summed E-state index contributed by atoms with van der Waals surface area (Å²) in [5.41, 5.74) is -0.138. The largest absolute Gasteiger partial charge is 0.465 e. The molecule has 4 heteroatoms. The van der Waals surface area contributed by atoms with E-state index in [4.69, 9.17) is 5.11 Å². The number of carboxylic acid groups (broad SMARTS) is 1. The van der Waals surface area contributed by atoms with Crippen molar-refractivity contribution < 1.29 is 14.7 Å². The first-order chi connectivity index (χ1) is 7.28. The third-order valence-corrected chi connectivity index (χ3v) is 4.42. The number of likely N-dealkylation sites (tertiary alicyclic amines) is 1. The Morgan fingerprint density at radius 2 is 2.12 bits per heavy atom. The average molecular weight is 225 g/mol. The van der Waals surface area contributed by atoms with Gasteiger partial charge in [0, 0.05) is 30.8 Å². The number of fused-ring (bicyclic) bond motifs is 1. The van der Waals surface area contributed by atoms with Gasteiger partial charge in [-0.2, -0.15) is 0 Å². The number of hydrogen-bond acceptors (Lipinski definition) is 2.